The van der Waals surface area contributed by atoms with Gasteiger partial charge in [0.2, 0.25) is 5.91 Å². The number of rotatable bonds is 5. The molecule has 2 aromatic carbocycles. The first-order valence-corrected chi connectivity index (χ1v) is 9.91. The first kappa shape index (κ1) is 24.2. The Kier molecular flexibility index (Phi) is 9.64. The summed E-state index contributed by atoms with van der Waals surface area (Å²) in [5, 5.41) is 6.74. The van der Waals surface area contributed by atoms with Crippen LogP contribution in [0.5, 0.6) is 0 Å². The third-order valence-corrected chi connectivity index (χ3v) is 5.11. The number of carbonyl (C=O) groups excluding carboxylic acids is 1. The number of anilines is 1. The van der Waals surface area contributed by atoms with Gasteiger partial charge in [-0.05, 0) is 30.3 Å². The fraction of sp³-hybridized carbons (Fsp3) is 0.333. The molecule has 6 nitrogen and oxygen atoms in total. The topological polar surface area (TPSA) is 60.0 Å². The maximum absolute atomic E-state index is 13.7. The van der Waals surface area contributed by atoms with Crippen LogP contribution >= 0.6 is 35.6 Å². The summed E-state index contributed by atoms with van der Waals surface area (Å²) < 4.78 is 13.7. The SMILES string of the molecule is CN=C(NCC(=O)N1CCN(c2ccc(Cl)cc2)CC1)NCc1ccccc1F.I. The minimum absolute atomic E-state index is 0. The van der Waals surface area contributed by atoms with Crippen LogP contribution in [0, 0.1) is 5.82 Å². The molecule has 0 aromatic heterocycles. The maximum atomic E-state index is 13.7. The van der Waals surface area contributed by atoms with Crippen molar-refractivity contribution in [2.75, 3.05) is 44.7 Å². The smallest absolute Gasteiger partial charge is 0.242 e. The molecule has 0 aliphatic carbocycles. The number of hydrogen-bond acceptors (Lipinski definition) is 3. The number of nitrogens with zero attached hydrogens (tertiary/aromatic N) is 3. The zero-order valence-electron chi connectivity index (χ0n) is 16.8. The van der Waals surface area contributed by atoms with Gasteiger partial charge in [0.05, 0.1) is 6.54 Å². The Morgan fingerprint density at radius 2 is 1.73 bits per heavy atom. The highest BCUT2D eigenvalue weighted by atomic mass is 127. The number of halogens is 3. The van der Waals surface area contributed by atoms with E-state index in [9.17, 15) is 9.18 Å². The molecule has 3 rings (SSSR count). The quantitative estimate of drug-likeness (QED) is 0.344. The Hall–Kier alpha value is -2.07. The molecule has 1 heterocycles. The number of aliphatic imine (C=N–C) groups is 1. The van der Waals surface area contributed by atoms with Crippen molar-refractivity contribution < 1.29 is 9.18 Å². The minimum atomic E-state index is -0.273. The third-order valence-electron chi connectivity index (χ3n) is 4.86. The van der Waals surface area contributed by atoms with Gasteiger partial charge in [-0.1, -0.05) is 29.8 Å². The van der Waals surface area contributed by atoms with Crippen molar-refractivity contribution in [2.45, 2.75) is 6.54 Å². The largest absolute Gasteiger partial charge is 0.368 e. The average molecular weight is 546 g/mol. The van der Waals surface area contributed by atoms with Gasteiger partial charge in [0.25, 0.3) is 0 Å². The van der Waals surface area contributed by atoms with E-state index in [1.807, 2.05) is 29.2 Å². The van der Waals surface area contributed by atoms with Gasteiger partial charge in [0.1, 0.15) is 5.82 Å². The number of guanidine groups is 1. The van der Waals surface area contributed by atoms with E-state index in [2.05, 4.69) is 20.5 Å². The predicted octanol–water partition coefficient (Wildman–Crippen LogP) is 3.11. The van der Waals surface area contributed by atoms with Crippen molar-refractivity contribution >= 4 is 53.1 Å². The van der Waals surface area contributed by atoms with Crippen LogP contribution in [0.4, 0.5) is 10.1 Å². The van der Waals surface area contributed by atoms with Gasteiger partial charge in [-0.2, -0.15) is 0 Å². The van der Waals surface area contributed by atoms with Gasteiger partial charge in [0.15, 0.2) is 5.96 Å². The summed E-state index contributed by atoms with van der Waals surface area (Å²) in [6.45, 7) is 3.29. The molecule has 1 saturated heterocycles. The van der Waals surface area contributed by atoms with Crippen LogP contribution in [-0.4, -0.2) is 56.5 Å². The Morgan fingerprint density at radius 3 is 2.37 bits per heavy atom. The summed E-state index contributed by atoms with van der Waals surface area (Å²) in [6, 6.07) is 14.3. The molecular formula is C21H26ClFIN5O. The first-order valence-electron chi connectivity index (χ1n) is 9.53. The summed E-state index contributed by atoms with van der Waals surface area (Å²) in [5.74, 6) is 0.195. The van der Waals surface area contributed by atoms with E-state index in [-0.39, 0.29) is 42.2 Å². The van der Waals surface area contributed by atoms with Crippen LogP contribution < -0.4 is 15.5 Å². The molecule has 0 spiro atoms. The van der Waals surface area contributed by atoms with Crippen molar-refractivity contribution in [1.29, 1.82) is 0 Å². The lowest BCUT2D eigenvalue weighted by Gasteiger charge is -2.36. The number of benzene rings is 2. The normalized spacial score (nSPS) is 14.2. The number of amides is 1. The fourth-order valence-corrected chi connectivity index (χ4v) is 3.30. The van der Waals surface area contributed by atoms with E-state index >= 15 is 0 Å². The molecule has 2 N–H and O–H groups in total. The molecule has 9 heteroatoms. The second kappa shape index (κ2) is 11.9. The van der Waals surface area contributed by atoms with E-state index in [1.54, 1.807) is 25.2 Å². The van der Waals surface area contributed by atoms with Crippen LogP contribution in [0.25, 0.3) is 0 Å². The van der Waals surface area contributed by atoms with E-state index in [0.29, 0.717) is 36.2 Å². The molecule has 0 bridgehead atoms. The summed E-state index contributed by atoms with van der Waals surface area (Å²) in [4.78, 5) is 20.7. The highest BCUT2D eigenvalue weighted by Gasteiger charge is 2.21. The Bertz CT molecular complexity index is 857. The first-order chi connectivity index (χ1) is 14.1. The van der Waals surface area contributed by atoms with E-state index in [4.69, 9.17) is 11.6 Å². The lowest BCUT2D eigenvalue weighted by molar-refractivity contribution is -0.130. The minimum Gasteiger partial charge on any atom is -0.368 e. The number of carbonyl (C=O) groups is 1. The molecule has 1 fully saturated rings. The molecule has 162 valence electrons. The molecule has 1 aliphatic rings. The summed E-state index contributed by atoms with van der Waals surface area (Å²) in [5.41, 5.74) is 1.65. The van der Waals surface area contributed by atoms with Crippen LogP contribution in [0.2, 0.25) is 5.02 Å². The van der Waals surface area contributed by atoms with Gasteiger partial charge < -0.3 is 20.4 Å². The number of hydrogen-bond donors (Lipinski definition) is 2. The van der Waals surface area contributed by atoms with E-state index < -0.39 is 0 Å². The van der Waals surface area contributed by atoms with E-state index in [1.165, 1.54) is 6.07 Å². The van der Waals surface area contributed by atoms with Crippen molar-refractivity contribution in [3.63, 3.8) is 0 Å². The summed E-state index contributed by atoms with van der Waals surface area (Å²) >= 11 is 5.94. The standard InChI is InChI=1S/C21H25ClFN5O.HI/c1-24-21(25-14-16-4-2-3-5-19(16)23)26-15-20(29)28-12-10-27(11-13-28)18-8-6-17(22)7-9-18;/h2-9H,10-15H2,1H3,(H2,24,25,26);1H. The van der Waals surface area contributed by atoms with Crippen molar-refractivity contribution in [3.8, 4) is 0 Å². The summed E-state index contributed by atoms with van der Waals surface area (Å²) in [6.07, 6.45) is 0. The highest BCUT2D eigenvalue weighted by Crippen LogP contribution is 2.19. The predicted molar refractivity (Wildman–Crippen MR) is 130 cm³/mol. The Balaban J connectivity index is 0.00000320. The van der Waals surface area contributed by atoms with Gasteiger partial charge in [0, 0.05) is 56.0 Å². The zero-order valence-corrected chi connectivity index (χ0v) is 19.9. The van der Waals surface area contributed by atoms with E-state index in [0.717, 1.165) is 18.8 Å². The second-order valence-electron chi connectivity index (χ2n) is 6.71. The average Bonchev–Trinajstić information content (AvgIpc) is 2.75. The highest BCUT2D eigenvalue weighted by molar-refractivity contribution is 14.0. The maximum Gasteiger partial charge on any atom is 0.242 e. The van der Waals surface area contributed by atoms with Crippen LogP contribution in [0.3, 0.4) is 0 Å². The van der Waals surface area contributed by atoms with Crippen molar-refractivity contribution in [2.24, 2.45) is 4.99 Å². The molecule has 0 saturated carbocycles. The van der Waals surface area contributed by atoms with Gasteiger partial charge >= 0.3 is 0 Å². The monoisotopic (exact) mass is 545 g/mol. The van der Waals surface area contributed by atoms with Gasteiger partial charge in [-0.25, -0.2) is 4.39 Å². The molecule has 1 aliphatic heterocycles. The zero-order chi connectivity index (χ0) is 20.6. The van der Waals surface area contributed by atoms with Gasteiger partial charge in [-0.15, -0.1) is 24.0 Å². The van der Waals surface area contributed by atoms with Crippen LogP contribution in [0.15, 0.2) is 53.5 Å². The molecule has 0 unspecified atom stereocenters. The molecule has 30 heavy (non-hydrogen) atoms. The Labute approximate surface area is 198 Å². The lowest BCUT2D eigenvalue weighted by atomic mass is 10.2. The van der Waals surface area contributed by atoms with Gasteiger partial charge in [-0.3, -0.25) is 9.79 Å². The van der Waals surface area contributed by atoms with Crippen LogP contribution in [0.1, 0.15) is 5.56 Å². The lowest BCUT2D eigenvalue weighted by Crippen LogP contribution is -2.52. The molecule has 2 aromatic rings. The second-order valence-corrected chi connectivity index (χ2v) is 7.15. The van der Waals surface area contributed by atoms with Crippen molar-refractivity contribution in [1.82, 2.24) is 15.5 Å². The fourth-order valence-electron chi connectivity index (χ4n) is 3.18. The molecular weight excluding hydrogens is 520 g/mol. The molecule has 1 amide bonds. The van der Waals surface area contributed by atoms with Crippen molar-refractivity contribution in [3.05, 3.63) is 64.9 Å². The number of piperazine rings is 1. The van der Waals surface area contributed by atoms with Crippen LogP contribution in [-0.2, 0) is 11.3 Å². The Morgan fingerprint density at radius 1 is 1.07 bits per heavy atom. The number of nitrogens with one attached hydrogen (secondary N) is 2. The molecule has 0 radical (unpaired) electrons. The molecule has 0 atom stereocenters. The third kappa shape index (κ3) is 6.73. The summed E-state index contributed by atoms with van der Waals surface area (Å²) in [7, 11) is 1.62.